The van der Waals surface area contributed by atoms with Crippen LogP contribution in [0.1, 0.15) is 22.8 Å². The highest BCUT2D eigenvalue weighted by molar-refractivity contribution is 6.33. The number of benzene rings is 2. The molecule has 2 aromatic rings. The molecule has 0 bridgehead atoms. The minimum Gasteiger partial charge on any atom is -0.497 e. The fraction of sp³-hybridized carbons (Fsp3) is 0.222. The van der Waals surface area contributed by atoms with Gasteiger partial charge in [-0.1, -0.05) is 23.7 Å². The van der Waals surface area contributed by atoms with Crippen molar-refractivity contribution in [1.29, 1.82) is 0 Å². The van der Waals surface area contributed by atoms with E-state index in [2.05, 4.69) is 5.32 Å². The van der Waals surface area contributed by atoms with Gasteiger partial charge in [-0.25, -0.2) is 9.18 Å². The minimum absolute atomic E-state index is 0.00197. The topological polar surface area (TPSA) is 64.6 Å². The Labute approximate surface area is 149 Å². The van der Waals surface area contributed by atoms with Gasteiger partial charge in [-0.15, -0.1) is 0 Å². The molecule has 0 fully saturated rings. The van der Waals surface area contributed by atoms with Crippen LogP contribution in [0.2, 0.25) is 5.02 Å². The number of ether oxygens (including phenoxy) is 2. The van der Waals surface area contributed by atoms with E-state index in [1.165, 1.54) is 13.0 Å². The van der Waals surface area contributed by atoms with Gasteiger partial charge in [0.1, 0.15) is 11.6 Å². The van der Waals surface area contributed by atoms with Gasteiger partial charge in [0.2, 0.25) is 0 Å². The first-order valence-corrected chi connectivity index (χ1v) is 7.85. The molecule has 1 amide bonds. The number of hydrogen-bond donors (Lipinski definition) is 1. The lowest BCUT2D eigenvalue weighted by Gasteiger charge is -2.14. The predicted molar refractivity (Wildman–Crippen MR) is 91.1 cm³/mol. The molecule has 0 aliphatic carbocycles. The maximum atomic E-state index is 13.0. The zero-order valence-electron chi connectivity index (χ0n) is 13.7. The Bertz CT molecular complexity index is 764. The van der Waals surface area contributed by atoms with Crippen molar-refractivity contribution in [3.8, 4) is 5.75 Å². The van der Waals surface area contributed by atoms with E-state index in [1.54, 1.807) is 19.2 Å². The minimum atomic E-state index is -1.02. The number of methoxy groups -OCH3 is 1. The molecular formula is C18H17ClFNO4. The summed E-state index contributed by atoms with van der Waals surface area (Å²) >= 11 is 5.80. The highest BCUT2D eigenvalue weighted by Gasteiger charge is 2.20. The standard InChI is InChI=1S/C18H17ClFNO4/c1-11(25-18(23)15-8-5-13(20)9-16(15)19)17(22)21-10-12-3-6-14(24-2)7-4-12/h3-9,11H,10H2,1-2H3,(H,21,22). The van der Waals surface area contributed by atoms with Gasteiger partial charge in [-0.3, -0.25) is 4.79 Å². The van der Waals surface area contributed by atoms with Crippen LogP contribution in [0.15, 0.2) is 42.5 Å². The summed E-state index contributed by atoms with van der Waals surface area (Å²) in [6, 6.07) is 10.5. The maximum absolute atomic E-state index is 13.0. The second-order valence-electron chi connectivity index (χ2n) is 5.24. The van der Waals surface area contributed by atoms with E-state index >= 15 is 0 Å². The normalized spacial score (nSPS) is 11.5. The van der Waals surface area contributed by atoms with E-state index in [0.717, 1.165) is 17.7 Å². The second-order valence-corrected chi connectivity index (χ2v) is 5.64. The van der Waals surface area contributed by atoms with Crippen LogP contribution in [0.3, 0.4) is 0 Å². The van der Waals surface area contributed by atoms with Crippen molar-refractivity contribution < 1.29 is 23.5 Å². The number of nitrogens with one attached hydrogen (secondary N) is 1. The Morgan fingerprint density at radius 1 is 1.20 bits per heavy atom. The highest BCUT2D eigenvalue weighted by Crippen LogP contribution is 2.18. The molecule has 0 aromatic heterocycles. The summed E-state index contributed by atoms with van der Waals surface area (Å²) in [5.41, 5.74) is 0.868. The largest absolute Gasteiger partial charge is 0.497 e. The van der Waals surface area contributed by atoms with Gasteiger partial charge in [0, 0.05) is 6.54 Å². The van der Waals surface area contributed by atoms with Gasteiger partial charge in [0.15, 0.2) is 6.10 Å². The third kappa shape index (κ3) is 5.19. The third-order valence-electron chi connectivity index (χ3n) is 3.43. The van der Waals surface area contributed by atoms with Crippen molar-refractivity contribution in [3.63, 3.8) is 0 Å². The zero-order valence-corrected chi connectivity index (χ0v) is 14.5. The number of hydrogen-bond acceptors (Lipinski definition) is 4. The van der Waals surface area contributed by atoms with Crippen molar-refractivity contribution in [2.75, 3.05) is 7.11 Å². The lowest BCUT2D eigenvalue weighted by molar-refractivity contribution is -0.129. The second kappa shape index (κ2) is 8.48. The Kier molecular flexibility index (Phi) is 6.36. The molecule has 1 unspecified atom stereocenters. The third-order valence-corrected chi connectivity index (χ3v) is 3.74. The van der Waals surface area contributed by atoms with E-state index in [0.29, 0.717) is 5.75 Å². The molecule has 0 spiro atoms. The molecular weight excluding hydrogens is 349 g/mol. The summed E-state index contributed by atoms with van der Waals surface area (Å²) in [6.07, 6.45) is -1.02. The van der Waals surface area contributed by atoms with Crippen molar-refractivity contribution >= 4 is 23.5 Å². The summed E-state index contributed by atoms with van der Waals surface area (Å²) < 4.78 is 23.1. The summed E-state index contributed by atoms with van der Waals surface area (Å²) in [5.74, 6) is -1.10. The van der Waals surface area contributed by atoms with Crippen LogP contribution in [-0.4, -0.2) is 25.1 Å². The summed E-state index contributed by atoms with van der Waals surface area (Å²) in [5, 5.41) is 2.59. The quantitative estimate of drug-likeness (QED) is 0.797. The van der Waals surface area contributed by atoms with E-state index in [-0.39, 0.29) is 17.1 Å². The summed E-state index contributed by atoms with van der Waals surface area (Å²) in [4.78, 5) is 24.1. The first kappa shape index (κ1) is 18.7. The lowest BCUT2D eigenvalue weighted by atomic mass is 10.2. The molecule has 5 nitrogen and oxygen atoms in total. The highest BCUT2D eigenvalue weighted by atomic mass is 35.5. The van der Waals surface area contributed by atoms with Gasteiger partial charge in [-0.2, -0.15) is 0 Å². The molecule has 132 valence electrons. The first-order valence-electron chi connectivity index (χ1n) is 7.47. The molecule has 0 heterocycles. The van der Waals surface area contributed by atoms with Crippen LogP contribution in [-0.2, 0) is 16.1 Å². The molecule has 0 saturated carbocycles. The van der Waals surface area contributed by atoms with Crippen LogP contribution in [0.25, 0.3) is 0 Å². The van der Waals surface area contributed by atoms with Crippen molar-refractivity contribution in [1.82, 2.24) is 5.32 Å². The van der Waals surface area contributed by atoms with Crippen LogP contribution >= 0.6 is 11.6 Å². The van der Waals surface area contributed by atoms with Gasteiger partial charge < -0.3 is 14.8 Å². The van der Waals surface area contributed by atoms with Gasteiger partial charge in [0.05, 0.1) is 17.7 Å². The van der Waals surface area contributed by atoms with Crippen molar-refractivity contribution in [3.05, 3.63) is 64.4 Å². The number of amides is 1. The fourth-order valence-electron chi connectivity index (χ4n) is 2.01. The van der Waals surface area contributed by atoms with E-state index < -0.39 is 23.8 Å². The van der Waals surface area contributed by atoms with Crippen LogP contribution in [0.5, 0.6) is 5.75 Å². The maximum Gasteiger partial charge on any atom is 0.340 e. The molecule has 0 aliphatic heterocycles. The van der Waals surface area contributed by atoms with Crippen molar-refractivity contribution in [2.24, 2.45) is 0 Å². The molecule has 0 radical (unpaired) electrons. The molecule has 7 heteroatoms. The Hall–Kier alpha value is -2.60. The smallest absolute Gasteiger partial charge is 0.340 e. The Morgan fingerprint density at radius 3 is 2.48 bits per heavy atom. The van der Waals surface area contributed by atoms with E-state index in [4.69, 9.17) is 21.1 Å². The van der Waals surface area contributed by atoms with E-state index in [1.807, 2.05) is 12.1 Å². The summed E-state index contributed by atoms with van der Waals surface area (Å²) in [6.45, 7) is 1.72. The number of carbonyl (C=O) groups is 2. The molecule has 1 N–H and O–H groups in total. The number of rotatable bonds is 6. The van der Waals surface area contributed by atoms with Crippen LogP contribution in [0, 0.1) is 5.82 Å². The number of carbonyl (C=O) groups excluding carboxylic acids is 2. The molecule has 1 atom stereocenters. The number of esters is 1. The predicted octanol–water partition coefficient (Wildman–Crippen LogP) is 3.35. The van der Waals surface area contributed by atoms with Crippen LogP contribution < -0.4 is 10.1 Å². The molecule has 0 saturated heterocycles. The molecule has 25 heavy (non-hydrogen) atoms. The SMILES string of the molecule is COc1ccc(CNC(=O)C(C)OC(=O)c2ccc(F)cc2Cl)cc1. The van der Waals surface area contributed by atoms with Gasteiger partial charge >= 0.3 is 5.97 Å². The Morgan fingerprint density at radius 2 is 1.88 bits per heavy atom. The summed E-state index contributed by atoms with van der Waals surface area (Å²) in [7, 11) is 1.57. The molecule has 2 rings (SSSR count). The lowest BCUT2D eigenvalue weighted by Crippen LogP contribution is -2.35. The van der Waals surface area contributed by atoms with Crippen molar-refractivity contribution in [2.45, 2.75) is 19.6 Å². The average molecular weight is 366 g/mol. The first-order chi connectivity index (χ1) is 11.9. The number of halogens is 2. The Balaban J connectivity index is 1.89. The average Bonchev–Trinajstić information content (AvgIpc) is 2.59. The van der Waals surface area contributed by atoms with Gasteiger partial charge in [-0.05, 0) is 42.8 Å². The zero-order chi connectivity index (χ0) is 18.4. The van der Waals surface area contributed by atoms with E-state index in [9.17, 15) is 14.0 Å². The monoisotopic (exact) mass is 365 g/mol. The van der Waals surface area contributed by atoms with Gasteiger partial charge in [0.25, 0.3) is 5.91 Å². The molecule has 2 aromatic carbocycles. The van der Waals surface area contributed by atoms with Crippen LogP contribution in [0.4, 0.5) is 4.39 Å². The fourth-order valence-corrected chi connectivity index (χ4v) is 2.25. The molecule has 0 aliphatic rings.